The van der Waals surface area contributed by atoms with Crippen molar-refractivity contribution >= 4 is 17.7 Å². The predicted octanol–water partition coefficient (Wildman–Crippen LogP) is 2.26. The summed E-state index contributed by atoms with van der Waals surface area (Å²) < 4.78 is 5.41. The van der Waals surface area contributed by atoms with Gasteiger partial charge >= 0.3 is 0 Å². The molecular formula is C14H17NO2S. The van der Waals surface area contributed by atoms with Gasteiger partial charge in [0.05, 0.1) is 18.4 Å². The zero-order chi connectivity index (χ0) is 12.6. The van der Waals surface area contributed by atoms with Crippen molar-refractivity contribution in [2.24, 2.45) is 0 Å². The highest BCUT2D eigenvalue weighted by atomic mass is 32.2. The third-order valence-electron chi connectivity index (χ3n) is 3.82. The van der Waals surface area contributed by atoms with Crippen LogP contribution in [0.25, 0.3) is 0 Å². The topological polar surface area (TPSA) is 29.5 Å². The van der Waals surface area contributed by atoms with Crippen molar-refractivity contribution in [2.75, 3.05) is 25.3 Å². The van der Waals surface area contributed by atoms with E-state index in [1.165, 1.54) is 0 Å². The van der Waals surface area contributed by atoms with Gasteiger partial charge in [-0.15, -0.1) is 11.8 Å². The van der Waals surface area contributed by atoms with Gasteiger partial charge in [0.1, 0.15) is 5.75 Å². The Kier molecular flexibility index (Phi) is 2.98. The summed E-state index contributed by atoms with van der Waals surface area (Å²) in [5.41, 5.74) is 0.770. The van der Waals surface area contributed by atoms with E-state index in [4.69, 9.17) is 4.74 Å². The second-order valence-electron chi connectivity index (χ2n) is 4.89. The Morgan fingerprint density at radius 3 is 2.78 bits per heavy atom. The van der Waals surface area contributed by atoms with Crippen LogP contribution in [0.5, 0.6) is 5.75 Å². The second kappa shape index (κ2) is 4.50. The number of rotatable bonds is 3. The number of para-hydroxylation sites is 1. The molecule has 3 rings (SSSR count). The first-order chi connectivity index (χ1) is 8.78. The highest BCUT2D eigenvalue weighted by Gasteiger charge is 2.54. The first-order valence-electron chi connectivity index (χ1n) is 6.28. The lowest BCUT2D eigenvalue weighted by molar-refractivity contribution is -0.132. The maximum absolute atomic E-state index is 12.7. The molecule has 1 heterocycles. The molecule has 1 saturated heterocycles. The van der Waals surface area contributed by atoms with Gasteiger partial charge in [0.2, 0.25) is 5.91 Å². The summed E-state index contributed by atoms with van der Waals surface area (Å²) in [6.07, 6.45) is 1.90. The van der Waals surface area contributed by atoms with Crippen molar-refractivity contribution in [1.29, 1.82) is 0 Å². The van der Waals surface area contributed by atoms with Crippen LogP contribution in [-0.2, 0) is 10.2 Å². The van der Waals surface area contributed by atoms with Gasteiger partial charge < -0.3 is 9.64 Å². The zero-order valence-corrected chi connectivity index (χ0v) is 11.3. The van der Waals surface area contributed by atoms with Crippen LogP contribution in [-0.4, -0.2) is 36.1 Å². The summed E-state index contributed by atoms with van der Waals surface area (Å²) >= 11 is 1.83. The first kappa shape index (κ1) is 11.9. The Morgan fingerprint density at radius 2 is 2.17 bits per heavy atom. The molecule has 1 aliphatic carbocycles. The largest absolute Gasteiger partial charge is 0.496 e. The van der Waals surface area contributed by atoms with Crippen LogP contribution in [0.15, 0.2) is 24.3 Å². The minimum atomic E-state index is -0.294. The summed E-state index contributed by atoms with van der Waals surface area (Å²) in [6, 6.07) is 7.92. The molecule has 1 saturated carbocycles. The quantitative estimate of drug-likeness (QED) is 0.838. The molecule has 0 N–H and O–H groups in total. The van der Waals surface area contributed by atoms with Gasteiger partial charge in [0.25, 0.3) is 0 Å². The van der Waals surface area contributed by atoms with Gasteiger partial charge in [0.15, 0.2) is 0 Å². The Balaban J connectivity index is 1.92. The van der Waals surface area contributed by atoms with E-state index < -0.39 is 0 Å². The highest BCUT2D eigenvalue weighted by molar-refractivity contribution is 7.99. The summed E-state index contributed by atoms with van der Waals surface area (Å²) in [5.74, 6) is 3.04. The molecule has 0 bridgehead atoms. The summed E-state index contributed by atoms with van der Waals surface area (Å²) in [4.78, 5) is 14.6. The van der Waals surface area contributed by atoms with Crippen molar-refractivity contribution in [3.8, 4) is 5.75 Å². The van der Waals surface area contributed by atoms with Crippen molar-refractivity contribution < 1.29 is 9.53 Å². The van der Waals surface area contributed by atoms with E-state index in [1.54, 1.807) is 7.11 Å². The Bertz CT molecular complexity index is 465. The number of carbonyl (C=O) groups is 1. The maximum atomic E-state index is 12.7. The van der Waals surface area contributed by atoms with Gasteiger partial charge in [-0.2, -0.15) is 0 Å². The summed E-state index contributed by atoms with van der Waals surface area (Å²) in [5, 5.41) is 0. The van der Waals surface area contributed by atoms with Crippen molar-refractivity contribution in [3.05, 3.63) is 29.8 Å². The molecule has 0 radical (unpaired) electrons. The second-order valence-corrected chi connectivity index (χ2v) is 5.96. The van der Waals surface area contributed by atoms with Gasteiger partial charge in [-0.1, -0.05) is 18.2 Å². The van der Waals surface area contributed by atoms with Crippen LogP contribution in [0.4, 0.5) is 0 Å². The lowest BCUT2D eigenvalue weighted by Gasteiger charge is -2.23. The molecule has 1 amide bonds. The number of hydrogen-bond donors (Lipinski definition) is 0. The van der Waals surface area contributed by atoms with E-state index in [2.05, 4.69) is 0 Å². The molecule has 96 valence electrons. The standard InChI is InChI=1S/C14H17NO2S/c1-17-12-5-3-2-4-11(12)14(6-7-14)13(16)15-8-9-18-10-15/h2-5H,6-10H2,1H3. The number of thioether (sulfide) groups is 1. The Labute approximate surface area is 111 Å². The van der Waals surface area contributed by atoms with Crippen molar-refractivity contribution in [3.63, 3.8) is 0 Å². The van der Waals surface area contributed by atoms with Gasteiger partial charge in [-0.3, -0.25) is 4.79 Å². The van der Waals surface area contributed by atoms with Crippen LogP contribution in [0.1, 0.15) is 18.4 Å². The van der Waals surface area contributed by atoms with E-state index in [0.29, 0.717) is 0 Å². The molecule has 4 heteroatoms. The molecule has 3 nitrogen and oxygen atoms in total. The van der Waals surface area contributed by atoms with E-state index in [-0.39, 0.29) is 11.3 Å². The summed E-state index contributed by atoms with van der Waals surface area (Å²) in [6.45, 7) is 0.889. The maximum Gasteiger partial charge on any atom is 0.234 e. The molecule has 18 heavy (non-hydrogen) atoms. The SMILES string of the molecule is COc1ccccc1C1(C(=O)N2CCSC2)CC1. The zero-order valence-electron chi connectivity index (χ0n) is 10.5. The lowest BCUT2D eigenvalue weighted by Crippen LogP contribution is -2.37. The van der Waals surface area contributed by atoms with Crippen molar-refractivity contribution in [1.82, 2.24) is 4.90 Å². The number of methoxy groups -OCH3 is 1. The van der Waals surface area contributed by atoms with E-state index in [1.807, 2.05) is 40.9 Å². The molecule has 0 aromatic heterocycles. The average molecular weight is 263 g/mol. The fraction of sp³-hybridized carbons (Fsp3) is 0.500. The summed E-state index contributed by atoms with van der Waals surface area (Å²) in [7, 11) is 1.67. The molecule has 1 aromatic carbocycles. The van der Waals surface area contributed by atoms with Gasteiger partial charge in [-0.05, 0) is 18.9 Å². The number of benzene rings is 1. The fourth-order valence-corrected chi connectivity index (χ4v) is 3.59. The van der Waals surface area contributed by atoms with E-state index in [9.17, 15) is 4.79 Å². The van der Waals surface area contributed by atoms with Crippen molar-refractivity contribution in [2.45, 2.75) is 18.3 Å². The molecule has 0 unspecified atom stereocenters. The molecule has 2 aliphatic rings. The number of ether oxygens (including phenoxy) is 1. The van der Waals surface area contributed by atoms with E-state index >= 15 is 0 Å². The lowest BCUT2D eigenvalue weighted by atomic mass is 9.93. The van der Waals surface area contributed by atoms with Gasteiger partial charge in [0, 0.05) is 17.9 Å². The smallest absolute Gasteiger partial charge is 0.234 e. The van der Waals surface area contributed by atoms with Crippen LogP contribution < -0.4 is 4.74 Å². The van der Waals surface area contributed by atoms with Crippen LogP contribution in [0, 0.1) is 0 Å². The molecule has 1 aromatic rings. The van der Waals surface area contributed by atoms with Gasteiger partial charge in [-0.25, -0.2) is 0 Å². The minimum Gasteiger partial charge on any atom is -0.496 e. The third-order valence-corrected chi connectivity index (χ3v) is 4.79. The molecule has 0 atom stereocenters. The highest BCUT2D eigenvalue weighted by Crippen LogP contribution is 2.52. The Morgan fingerprint density at radius 1 is 1.39 bits per heavy atom. The normalized spacial score (nSPS) is 20.8. The fourth-order valence-electron chi connectivity index (χ4n) is 2.64. The molecule has 1 aliphatic heterocycles. The molecular weight excluding hydrogens is 246 g/mol. The number of carbonyl (C=O) groups excluding carboxylic acids is 1. The molecule has 2 fully saturated rings. The van der Waals surface area contributed by atoms with Crippen LogP contribution in [0.2, 0.25) is 0 Å². The first-order valence-corrected chi connectivity index (χ1v) is 7.44. The predicted molar refractivity (Wildman–Crippen MR) is 72.9 cm³/mol. The average Bonchev–Trinajstić information content (AvgIpc) is 3.04. The number of hydrogen-bond acceptors (Lipinski definition) is 3. The van der Waals surface area contributed by atoms with Crippen LogP contribution >= 0.6 is 11.8 Å². The third kappa shape index (κ3) is 1.79. The number of amides is 1. The minimum absolute atomic E-state index is 0.289. The van der Waals surface area contributed by atoms with E-state index in [0.717, 1.165) is 42.3 Å². The monoisotopic (exact) mass is 263 g/mol. The number of nitrogens with zero attached hydrogens (tertiary/aromatic N) is 1. The molecule has 0 spiro atoms. The Hall–Kier alpha value is -1.16. The van der Waals surface area contributed by atoms with Crippen LogP contribution in [0.3, 0.4) is 0 Å².